The van der Waals surface area contributed by atoms with Gasteiger partial charge in [0.2, 0.25) is 0 Å². The van der Waals surface area contributed by atoms with Gasteiger partial charge in [0, 0.05) is 4.57 Å². The standard InChI is InChI=1S/CH3O4P/c1-4-5-6(2)3/h1H3/p+1. The Morgan fingerprint density at radius 2 is 2.33 bits per heavy atom. The maximum absolute atomic E-state index is 9.40. The summed E-state index contributed by atoms with van der Waals surface area (Å²) in [6.07, 6.45) is 0. The molecule has 0 aromatic heterocycles. The summed E-state index contributed by atoms with van der Waals surface area (Å²) in [5.74, 6) is 0. The molecule has 1 atom stereocenters. The minimum absolute atomic E-state index is 1.16. The van der Waals surface area contributed by atoms with E-state index in [0.29, 0.717) is 0 Å². The molecule has 0 aliphatic rings. The molecule has 0 fully saturated rings. The Hall–Kier alpha value is -0.0200. The molecule has 0 saturated heterocycles. The molecular weight excluding hydrogens is 107 g/mol. The molecule has 0 spiro atoms. The molecule has 0 aromatic rings. The maximum atomic E-state index is 9.40. The van der Waals surface area contributed by atoms with Crippen LogP contribution in [0.15, 0.2) is 0 Å². The van der Waals surface area contributed by atoms with Crippen molar-refractivity contribution in [1.82, 2.24) is 0 Å². The Kier molecular flexibility index (Phi) is 3.17. The maximum Gasteiger partial charge on any atom is 0.725 e. The van der Waals surface area contributed by atoms with Crippen LogP contribution < -0.4 is 0 Å². The van der Waals surface area contributed by atoms with Crippen molar-refractivity contribution in [3.8, 4) is 0 Å². The Morgan fingerprint density at radius 3 is 2.33 bits per heavy atom. The monoisotopic (exact) mass is 111 g/mol. The van der Waals surface area contributed by atoms with Gasteiger partial charge in [-0.15, -0.1) is 4.89 Å². The molecule has 0 bridgehead atoms. The lowest BCUT2D eigenvalue weighted by Crippen LogP contribution is -1.72. The minimum Gasteiger partial charge on any atom is -0.191 e. The van der Waals surface area contributed by atoms with Crippen LogP contribution in [0.25, 0.3) is 0 Å². The third-order valence-corrected chi connectivity index (χ3v) is 0.415. The summed E-state index contributed by atoms with van der Waals surface area (Å²) in [6.45, 7) is 0. The van der Waals surface area contributed by atoms with Crippen LogP contribution in [0.5, 0.6) is 0 Å². The highest BCUT2D eigenvalue weighted by Gasteiger charge is 2.09. The molecule has 0 heterocycles. The average Bonchev–Trinajstić information content (AvgIpc) is 1.35. The zero-order valence-electron chi connectivity index (χ0n) is 3.12. The molecule has 0 aliphatic heterocycles. The third kappa shape index (κ3) is 3.98. The lowest BCUT2D eigenvalue weighted by atomic mass is 11.8. The Bertz CT molecular complexity index is 51.5. The van der Waals surface area contributed by atoms with Gasteiger partial charge in [-0.1, -0.05) is 0 Å². The molecule has 0 aliphatic carbocycles. The normalized spacial score (nSPS) is 11.3. The predicted molar refractivity (Wildman–Crippen MR) is 17.9 cm³/mol. The molecular formula is CH4O4P+. The van der Waals surface area contributed by atoms with Gasteiger partial charge in [-0.2, -0.15) is 4.89 Å². The lowest BCUT2D eigenvalue weighted by Gasteiger charge is -1.69. The van der Waals surface area contributed by atoms with Gasteiger partial charge in [0.1, 0.15) is 0 Å². The second kappa shape index (κ2) is 3.18. The van der Waals surface area contributed by atoms with Crippen LogP contribution in [-0.2, 0) is 14.1 Å². The average molecular weight is 111 g/mol. The van der Waals surface area contributed by atoms with E-state index < -0.39 is 8.25 Å². The van der Waals surface area contributed by atoms with Crippen LogP contribution in [0.2, 0.25) is 0 Å². The van der Waals surface area contributed by atoms with Gasteiger partial charge in [-0.25, -0.2) is 0 Å². The summed E-state index contributed by atoms with van der Waals surface area (Å²) >= 11 is 0. The molecule has 6 heavy (non-hydrogen) atoms. The highest BCUT2D eigenvalue weighted by Crippen LogP contribution is 2.12. The zero-order chi connectivity index (χ0) is 4.99. The topological polar surface area (TPSA) is 55.8 Å². The molecule has 36 valence electrons. The van der Waals surface area contributed by atoms with E-state index in [1.54, 1.807) is 0 Å². The number of hydrogen-bond acceptors (Lipinski definition) is 3. The molecule has 1 unspecified atom stereocenters. The van der Waals surface area contributed by atoms with Crippen molar-refractivity contribution in [3.63, 3.8) is 0 Å². The van der Waals surface area contributed by atoms with Crippen molar-refractivity contribution < 1.29 is 19.0 Å². The second-order valence-electron chi connectivity index (χ2n) is 0.479. The largest absolute Gasteiger partial charge is 0.725 e. The lowest BCUT2D eigenvalue weighted by molar-refractivity contribution is -0.179. The van der Waals surface area contributed by atoms with Crippen LogP contribution in [-0.4, -0.2) is 12.0 Å². The Labute approximate surface area is 35.6 Å². The van der Waals surface area contributed by atoms with Gasteiger partial charge in [-0.3, -0.25) is 0 Å². The highest BCUT2D eigenvalue weighted by molar-refractivity contribution is 7.31. The Morgan fingerprint density at radius 1 is 1.83 bits per heavy atom. The fourth-order valence-corrected chi connectivity index (χ4v) is 0.191. The molecule has 0 amide bonds. The highest BCUT2D eigenvalue weighted by atomic mass is 31.1. The van der Waals surface area contributed by atoms with Crippen molar-refractivity contribution in [2.75, 3.05) is 7.11 Å². The summed E-state index contributed by atoms with van der Waals surface area (Å²) in [5.41, 5.74) is 0. The minimum atomic E-state index is -2.57. The van der Waals surface area contributed by atoms with E-state index >= 15 is 0 Å². The van der Waals surface area contributed by atoms with Crippen molar-refractivity contribution in [2.24, 2.45) is 0 Å². The summed E-state index contributed by atoms with van der Waals surface area (Å²) in [4.78, 5) is 11.5. The molecule has 0 aromatic carbocycles. The molecule has 5 heteroatoms. The first kappa shape index (κ1) is 5.98. The molecule has 0 rings (SSSR count). The molecule has 4 nitrogen and oxygen atoms in total. The second-order valence-corrected chi connectivity index (χ2v) is 1.10. The first-order valence-corrected chi connectivity index (χ1v) is 2.27. The van der Waals surface area contributed by atoms with Gasteiger partial charge in [-0.05, 0) is 0 Å². The van der Waals surface area contributed by atoms with Crippen LogP contribution >= 0.6 is 8.25 Å². The molecule has 1 N–H and O–H groups in total. The van der Waals surface area contributed by atoms with E-state index in [1.165, 1.54) is 0 Å². The summed E-state index contributed by atoms with van der Waals surface area (Å²) in [5, 5.41) is 0. The van der Waals surface area contributed by atoms with Crippen LogP contribution in [0.4, 0.5) is 0 Å². The van der Waals surface area contributed by atoms with Crippen LogP contribution in [0.1, 0.15) is 0 Å². The first-order valence-electron chi connectivity index (χ1n) is 1.14. The number of rotatable bonds is 2. The van der Waals surface area contributed by atoms with Crippen molar-refractivity contribution in [2.45, 2.75) is 0 Å². The van der Waals surface area contributed by atoms with E-state index in [1.807, 2.05) is 0 Å². The van der Waals surface area contributed by atoms with Gasteiger partial charge < -0.3 is 0 Å². The van der Waals surface area contributed by atoms with Crippen LogP contribution in [0, 0.1) is 0 Å². The predicted octanol–water partition coefficient (Wildman–Crippen LogP) is 0.214. The fourth-order valence-electron chi connectivity index (χ4n) is 0.0638. The van der Waals surface area contributed by atoms with Crippen LogP contribution in [0.3, 0.4) is 0 Å². The third-order valence-electron chi connectivity index (χ3n) is 0.138. The van der Waals surface area contributed by atoms with Gasteiger partial charge >= 0.3 is 8.25 Å². The number of hydrogen-bond donors (Lipinski definition) is 1. The van der Waals surface area contributed by atoms with Gasteiger partial charge in [0.15, 0.2) is 0 Å². The van der Waals surface area contributed by atoms with Gasteiger partial charge in [0.25, 0.3) is 0 Å². The van der Waals surface area contributed by atoms with E-state index in [-0.39, 0.29) is 0 Å². The van der Waals surface area contributed by atoms with Gasteiger partial charge in [0.05, 0.1) is 11.8 Å². The smallest absolute Gasteiger partial charge is 0.191 e. The SMILES string of the molecule is COO[P+](=O)O. The van der Waals surface area contributed by atoms with E-state index in [0.717, 1.165) is 7.11 Å². The quantitative estimate of drug-likeness (QED) is 0.314. The van der Waals surface area contributed by atoms with Crippen molar-refractivity contribution >= 4 is 8.25 Å². The molecule has 0 radical (unpaired) electrons. The fraction of sp³-hybridized carbons (Fsp3) is 1.00. The summed E-state index contributed by atoms with van der Waals surface area (Å²) in [7, 11) is -1.42. The summed E-state index contributed by atoms with van der Waals surface area (Å²) in [6, 6.07) is 0. The molecule has 0 saturated carbocycles. The zero-order valence-corrected chi connectivity index (χ0v) is 4.01. The Balaban J connectivity index is 2.83. The van der Waals surface area contributed by atoms with Crippen molar-refractivity contribution in [1.29, 1.82) is 0 Å². The van der Waals surface area contributed by atoms with Crippen molar-refractivity contribution in [3.05, 3.63) is 0 Å². The van der Waals surface area contributed by atoms with E-state index in [9.17, 15) is 4.57 Å². The summed E-state index contributed by atoms with van der Waals surface area (Å²) < 4.78 is 13.0. The first-order chi connectivity index (χ1) is 2.77. The van der Waals surface area contributed by atoms with E-state index in [4.69, 9.17) is 4.89 Å². The van der Waals surface area contributed by atoms with E-state index in [2.05, 4.69) is 9.56 Å².